The van der Waals surface area contributed by atoms with Gasteiger partial charge in [0.2, 0.25) is 0 Å². The highest BCUT2D eigenvalue weighted by Crippen LogP contribution is 2.43. The van der Waals surface area contributed by atoms with Crippen LogP contribution in [0.5, 0.6) is 5.75 Å². The first-order chi connectivity index (χ1) is 14.5. The summed E-state index contributed by atoms with van der Waals surface area (Å²) in [7, 11) is 1.55. The molecule has 1 saturated carbocycles. The molecule has 6 nitrogen and oxygen atoms in total. The van der Waals surface area contributed by atoms with Gasteiger partial charge >= 0.3 is 6.09 Å². The summed E-state index contributed by atoms with van der Waals surface area (Å²) in [6.07, 6.45) is 2.04. The van der Waals surface area contributed by atoms with Gasteiger partial charge in [-0.3, -0.25) is 4.79 Å². The summed E-state index contributed by atoms with van der Waals surface area (Å²) in [5.74, 6) is 0.383. The molecule has 6 heteroatoms. The number of hydrogen-bond acceptors (Lipinski definition) is 5. The highest BCUT2D eigenvalue weighted by atomic mass is 16.6. The number of Topliss-reactive ketones (excluding diaryl/α,β-unsaturated/α-hetero) is 1. The number of para-hydroxylation sites is 1. The first-order valence-electron chi connectivity index (χ1n) is 10.4. The van der Waals surface area contributed by atoms with E-state index in [1.807, 2.05) is 49.4 Å². The van der Waals surface area contributed by atoms with E-state index >= 15 is 0 Å². The summed E-state index contributed by atoms with van der Waals surface area (Å²) in [6, 6.07) is 16.4. The highest BCUT2D eigenvalue weighted by molar-refractivity contribution is 6.03. The number of alkyl carbamates (subject to hydrolysis) is 1. The van der Waals surface area contributed by atoms with Gasteiger partial charge < -0.3 is 20.5 Å². The molecule has 0 heterocycles. The summed E-state index contributed by atoms with van der Waals surface area (Å²) in [5.41, 5.74) is 7.68. The molecular formula is C24H30N2O4. The standard InChI is InChI=1S/C24H30N2O4/c1-3-26-23(28)30-18-13-15-24(16-14-18,17-9-5-4-6-10-17)22(25)21(27)19-11-7-8-12-20(19)29-2/h4-12,18,22H,3,13-16,25H2,1-2H3,(H,26,28). The largest absolute Gasteiger partial charge is 0.496 e. The molecule has 1 fully saturated rings. The van der Waals surface area contributed by atoms with E-state index in [4.69, 9.17) is 15.2 Å². The summed E-state index contributed by atoms with van der Waals surface area (Å²) >= 11 is 0. The lowest BCUT2D eigenvalue weighted by Crippen LogP contribution is -2.53. The molecule has 30 heavy (non-hydrogen) atoms. The molecule has 3 rings (SSSR count). The van der Waals surface area contributed by atoms with Crippen LogP contribution in [-0.2, 0) is 10.2 Å². The molecule has 0 bridgehead atoms. The Kier molecular flexibility index (Phi) is 7.11. The van der Waals surface area contributed by atoms with Crippen LogP contribution < -0.4 is 15.8 Å². The Morgan fingerprint density at radius 1 is 1.10 bits per heavy atom. The molecule has 0 aromatic heterocycles. The molecule has 160 valence electrons. The molecule has 0 radical (unpaired) electrons. The number of hydrogen-bond donors (Lipinski definition) is 2. The molecule has 3 N–H and O–H groups in total. The third kappa shape index (κ3) is 4.49. The zero-order valence-electron chi connectivity index (χ0n) is 17.6. The van der Waals surface area contributed by atoms with Crippen LogP contribution in [0.3, 0.4) is 0 Å². The minimum Gasteiger partial charge on any atom is -0.496 e. The van der Waals surface area contributed by atoms with Crippen molar-refractivity contribution in [3.63, 3.8) is 0 Å². The molecule has 1 aliphatic carbocycles. The van der Waals surface area contributed by atoms with E-state index in [1.54, 1.807) is 19.2 Å². The minimum atomic E-state index is -0.735. The third-order valence-electron chi connectivity index (χ3n) is 6.02. The van der Waals surface area contributed by atoms with Crippen molar-refractivity contribution < 1.29 is 19.1 Å². The minimum absolute atomic E-state index is 0.139. The van der Waals surface area contributed by atoms with Gasteiger partial charge in [-0.2, -0.15) is 0 Å². The van der Waals surface area contributed by atoms with E-state index in [0.717, 1.165) is 5.56 Å². The number of ketones is 1. The molecular weight excluding hydrogens is 380 g/mol. The zero-order chi connectivity index (χ0) is 21.6. The molecule has 1 unspecified atom stereocenters. The van der Waals surface area contributed by atoms with E-state index in [2.05, 4.69) is 5.32 Å². The Morgan fingerprint density at radius 2 is 1.73 bits per heavy atom. The maximum Gasteiger partial charge on any atom is 0.407 e. The monoisotopic (exact) mass is 410 g/mol. The van der Waals surface area contributed by atoms with Crippen molar-refractivity contribution in [2.45, 2.75) is 50.2 Å². The van der Waals surface area contributed by atoms with E-state index in [-0.39, 0.29) is 11.9 Å². The van der Waals surface area contributed by atoms with Crippen molar-refractivity contribution in [2.24, 2.45) is 5.73 Å². The number of methoxy groups -OCH3 is 1. The maximum atomic E-state index is 13.4. The van der Waals surface area contributed by atoms with Gasteiger partial charge in [0.15, 0.2) is 5.78 Å². The van der Waals surface area contributed by atoms with Crippen molar-refractivity contribution in [3.05, 3.63) is 65.7 Å². The van der Waals surface area contributed by atoms with Crippen LogP contribution >= 0.6 is 0 Å². The van der Waals surface area contributed by atoms with E-state index in [0.29, 0.717) is 43.5 Å². The van der Waals surface area contributed by atoms with Crippen molar-refractivity contribution >= 4 is 11.9 Å². The van der Waals surface area contributed by atoms with Gasteiger partial charge in [-0.25, -0.2) is 4.79 Å². The smallest absolute Gasteiger partial charge is 0.407 e. The molecule has 0 saturated heterocycles. The number of ether oxygens (including phenoxy) is 2. The molecule has 0 spiro atoms. The zero-order valence-corrected chi connectivity index (χ0v) is 17.6. The fraction of sp³-hybridized carbons (Fsp3) is 0.417. The van der Waals surface area contributed by atoms with Crippen LogP contribution in [0.1, 0.15) is 48.5 Å². The number of nitrogens with two attached hydrogens (primary N) is 1. The van der Waals surface area contributed by atoms with Gasteiger partial charge in [0, 0.05) is 12.0 Å². The second kappa shape index (κ2) is 9.76. The molecule has 2 aromatic carbocycles. The second-order valence-corrected chi connectivity index (χ2v) is 7.70. The van der Waals surface area contributed by atoms with Gasteiger partial charge in [0.25, 0.3) is 0 Å². The van der Waals surface area contributed by atoms with Gasteiger partial charge in [-0.05, 0) is 50.3 Å². The van der Waals surface area contributed by atoms with Crippen LogP contribution in [0.4, 0.5) is 4.79 Å². The SMILES string of the molecule is CCNC(=O)OC1CCC(c2ccccc2)(C(N)C(=O)c2ccccc2OC)CC1. The maximum absolute atomic E-state index is 13.4. The van der Waals surface area contributed by atoms with E-state index < -0.39 is 17.6 Å². The van der Waals surface area contributed by atoms with Crippen LogP contribution in [-0.4, -0.2) is 37.7 Å². The van der Waals surface area contributed by atoms with Crippen LogP contribution in [0.15, 0.2) is 54.6 Å². The Hall–Kier alpha value is -2.86. The summed E-state index contributed by atoms with van der Waals surface area (Å²) in [4.78, 5) is 25.3. The van der Waals surface area contributed by atoms with Crippen molar-refractivity contribution in [1.29, 1.82) is 0 Å². The first kappa shape index (κ1) is 21.8. The quantitative estimate of drug-likeness (QED) is 0.677. The Morgan fingerprint density at radius 3 is 2.37 bits per heavy atom. The third-order valence-corrected chi connectivity index (χ3v) is 6.02. The topological polar surface area (TPSA) is 90.6 Å². The lowest BCUT2D eigenvalue weighted by Gasteiger charge is -2.43. The number of carbonyl (C=O) groups excluding carboxylic acids is 2. The fourth-order valence-corrected chi connectivity index (χ4v) is 4.38. The fourth-order valence-electron chi connectivity index (χ4n) is 4.38. The predicted octanol–water partition coefficient (Wildman–Crippen LogP) is 3.83. The Labute approximate surface area is 177 Å². The molecule has 1 aliphatic rings. The number of carbonyl (C=O) groups is 2. The molecule has 2 aromatic rings. The number of nitrogens with one attached hydrogen (secondary N) is 1. The van der Waals surface area contributed by atoms with Gasteiger partial charge in [-0.15, -0.1) is 0 Å². The lowest BCUT2D eigenvalue weighted by molar-refractivity contribution is 0.0495. The second-order valence-electron chi connectivity index (χ2n) is 7.70. The van der Waals surface area contributed by atoms with E-state index in [9.17, 15) is 9.59 Å². The first-order valence-corrected chi connectivity index (χ1v) is 10.4. The number of benzene rings is 2. The van der Waals surface area contributed by atoms with Gasteiger partial charge in [0.05, 0.1) is 18.7 Å². The van der Waals surface area contributed by atoms with Crippen LogP contribution in [0, 0.1) is 0 Å². The van der Waals surface area contributed by atoms with Crippen LogP contribution in [0.25, 0.3) is 0 Å². The van der Waals surface area contributed by atoms with E-state index in [1.165, 1.54) is 0 Å². The lowest BCUT2D eigenvalue weighted by atomic mass is 9.63. The average molecular weight is 411 g/mol. The van der Waals surface area contributed by atoms with Crippen LogP contribution in [0.2, 0.25) is 0 Å². The summed E-state index contributed by atoms with van der Waals surface area (Å²) < 4.78 is 10.9. The summed E-state index contributed by atoms with van der Waals surface area (Å²) in [6.45, 7) is 2.38. The van der Waals surface area contributed by atoms with Crippen molar-refractivity contribution in [1.82, 2.24) is 5.32 Å². The number of rotatable bonds is 7. The molecule has 0 aliphatic heterocycles. The molecule has 1 atom stereocenters. The summed E-state index contributed by atoms with van der Waals surface area (Å²) in [5, 5.41) is 2.67. The highest BCUT2D eigenvalue weighted by Gasteiger charge is 2.46. The van der Waals surface area contributed by atoms with Crippen molar-refractivity contribution in [3.8, 4) is 5.75 Å². The Balaban J connectivity index is 1.87. The number of amides is 1. The normalized spacial score (nSPS) is 22.0. The van der Waals surface area contributed by atoms with Gasteiger partial charge in [0.1, 0.15) is 11.9 Å². The van der Waals surface area contributed by atoms with Crippen molar-refractivity contribution in [2.75, 3.05) is 13.7 Å². The Bertz CT molecular complexity index is 861. The molecule has 1 amide bonds. The predicted molar refractivity (Wildman–Crippen MR) is 116 cm³/mol. The van der Waals surface area contributed by atoms with Gasteiger partial charge in [-0.1, -0.05) is 42.5 Å². The average Bonchev–Trinajstić information content (AvgIpc) is 2.79.